The summed E-state index contributed by atoms with van der Waals surface area (Å²) in [5, 5.41) is 8.88. The van der Waals surface area contributed by atoms with Gasteiger partial charge in [0.05, 0.1) is 12.0 Å². The summed E-state index contributed by atoms with van der Waals surface area (Å²) in [6, 6.07) is 6.21. The Kier molecular flexibility index (Phi) is 8.19. The number of thioether (sulfide) groups is 2. The van der Waals surface area contributed by atoms with Crippen molar-refractivity contribution in [2.75, 3.05) is 19.4 Å². The first kappa shape index (κ1) is 23.5. The molecule has 1 aliphatic rings. The molecule has 0 amide bonds. The van der Waals surface area contributed by atoms with Crippen LogP contribution in [0.4, 0.5) is 0 Å². The van der Waals surface area contributed by atoms with Crippen LogP contribution in [0.3, 0.4) is 0 Å². The predicted octanol–water partition coefficient (Wildman–Crippen LogP) is 3.84. The number of piperidine rings is 1. The summed E-state index contributed by atoms with van der Waals surface area (Å²) in [6.07, 6.45) is 2.49. The number of carbonyl (C=O) groups excluding carboxylic acids is 1. The van der Waals surface area contributed by atoms with Gasteiger partial charge in [-0.1, -0.05) is 41.3 Å². The highest BCUT2D eigenvalue weighted by Gasteiger charge is 2.39. The first-order chi connectivity index (χ1) is 14.3. The fourth-order valence-corrected chi connectivity index (χ4v) is 8.40. The third-order valence-electron chi connectivity index (χ3n) is 4.79. The van der Waals surface area contributed by atoms with E-state index < -0.39 is 10.0 Å². The Bertz CT molecular complexity index is 962. The second-order valence-corrected chi connectivity index (χ2v) is 12.7. The van der Waals surface area contributed by atoms with Crippen LogP contribution in [0.5, 0.6) is 5.75 Å². The van der Waals surface area contributed by atoms with Gasteiger partial charge in [-0.05, 0) is 44.0 Å². The van der Waals surface area contributed by atoms with Gasteiger partial charge in [0.1, 0.15) is 10.8 Å². The molecule has 30 heavy (non-hydrogen) atoms. The lowest BCUT2D eigenvalue weighted by molar-refractivity contribution is -0.109. The number of benzene rings is 1. The van der Waals surface area contributed by atoms with Crippen molar-refractivity contribution < 1.29 is 17.9 Å². The summed E-state index contributed by atoms with van der Waals surface area (Å²) in [5.74, 6) is 1.20. The standard InChI is InChI=1S/C19H25N3O4S4/c1-13-20-21-19(28-13)27-12-18(29-14(2)23)17-6-4-5-11-22(17)30(24,25)16-9-7-15(26-3)8-10-16/h7-10,17-18H,4-6,11-12H2,1-3H3. The molecule has 7 nitrogen and oxygen atoms in total. The molecule has 2 heterocycles. The van der Waals surface area contributed by atoms with E-state index in [1.54, 1.807) is 35.7 Å². The lowest BCUT2D eigenvalue weighted by Gasteiger charge is -2.38. The maximum Gasteiger partial charge on any atom is 0.243 e. The second kappa shape index (κ2) is 10.4. The van der Waals surface area contributed by atoms with Crippen molar-refractivity contribution >= 4 is 50.0 Å². The number of carbonyl (C=O) groups is 1. The van der Waals surface area contributed by atoms with Crippen molar-refractivity contribution in [2.24, 2.45) is 0 Å². The highest BCUT2D eigenvalue weighted by atomic mass is 32.2. The fraction of sp³-hybridized carbons (Fsp3) is 0.526. The first-order valence-electron chi connectivity index (χ1n) is 9.57. The second-order valence-electron chi connectivity index (χ2n) is 6.90. The van der Waals surface area contributed by atoms with Gasteiger partial charge in [0.15, 0.2) is 9.45 Å². The summed E-state index contributed by atoms with van der Waals surface area (Å²) >= 11 is 4.26. The largest absolute Gasteiger partial charge is 0.497 e. The zero-order valence-corrected chi connectivity index (χ0v) is 20.4. The quantitative estimate of drug-likeness (QED) is 0.519. The predicted molar refractivity (Wildman–Crippen MR) is 122 cm³/mol. The van der Waals surface area contributed by atoms with Crippen molar-refractivity contribution in [3.05, 3.63) is 29.3 Å². The minimum Gasteiger partial charge on any atom is -0.497 e. The summed E-state index contributed by atoms with van der Waals surface area (Å²) in [6.45, 7) is 3.88. The Morgan fingerprint density at radius 1 is 1.30 bits per heavy atom. The molecule has 3 rings (SSSR count). The van der Waals surface area contributed by atoms with E-state index in [1.165, 1.54) is 41.8 Å². The van der Waals surface area contributed by atoms with Crippen LogP contribution in [0, 0.1) is 6.92 Å². The summed E-state index contributed by atoms with van der Waals surface area (Å²) < 4.78 is 34.4. The van der Waals surface area contributed by atoms with Gasteiger partial charge >= 0.3 is 0 Å². The molecule has 11 heteroatoms. The van der Waals surface area contributed by atoms with Crippen molar-refractivity contribution in [3.8, 4) is 5.75 Å². The van der Waals surface area contributed by atoms with Crippen LogP contribution in [-0.4, -0.2) is 58.7 Å². The molecule has 1 aromatic carbocycles. The average molecular weight is 488 g/mol. The van der Waals surface area contributed by atoms with E-state index in [1.807, 2.05) is 6.92 Å². The Morgan fingerprint density at radius 2 is 2.03 bits per heavy atom. The Hall–Kier alpha value is -1.14. The molecule has 0 bridgehead atoms. The number of sulfonamides is 1. The number of hydrogen-bond donors (Lipinski definition) is 0. The maximum atomic E-state index is 13.4. The van der Waals surface area contributed by atoms with Crippen LogP contribution in [0.2, 0.25) is 0 Å². The van der Waals surface area contributed by atoms with Crippen LogP contribution in [0.1, 0.15) is 31.2 Å². The lowest BCUT2D eigenvalue weighted by atomic mass is 10.0. The Morgan fingerprint density at radius 3 is 2.63 bits per heavy atom. The van der Waals surface area contributed by atoms with Crippen molar-refractivity contribution in [1.82, 2.24) is 14.5 Å². The molecule has 0 N–H and O–H groups in total. The highest BCUT2D eigenvalue weighted by Crippen LogP contribution is 2.35. The number of nitrogens with zero attached hydrogens (tertiary/aromatic N) is 3. The molecule has 0 radical (unpaired) electrons. The molecule has 1 aliphatic heterocycles. The van der Waals surface area contributed by atoms with Gasteiger partial charge in [-0.2, -0.15) is 4.31 Å². The molecular weight excluding hydrogens is 462 g/mol. The summed E-state index contributed by atoms with van der Waals surface area (Å²) in [7, 11) is -2.13. The zero-order valence-electron chi connectivity index (χ0n) is 17.1. The first-order valence-corrected chi connectivity index (χ1v) is 13.7. The van der Waals surface area contributed by atoms with Gasteiger partial charge in [-0.3, -0.25) is 4.79 Å². The number of aryl methyl sites for hydroxylation is 1. The maximum absolute atomic E-state index is 13.4. The number of methoxy groups -OCH3 is 1. The van der Waals surface area contributed by atoms with Crippen LogP contribution < -0.4 is 4.74 Å². The fourth-order valence-electron chi connectivity index (χ4n) is 3.41. The van der Waals surface area contributed by atoms with Crippen LogP contribution in [0.15, 0.2) is 33.5 Å². The molecule has 1 fully saturated rings. The number of rotatable bonds is 8. The van der Waals surface area contributed by atoms with Crippen molar-refractivity contribution in [1.29, 1.82) is 0 Å². The third kappa shape index (κ3) is 5.76. The average Bonchev–Trinajstić information content (AvgIpc) is 3.16. The van der Waals surface area contributed by atoms with E-state index >= 15 is 0 Å². The van der Waals surface area contributed by atoms with Crippen LogP contribution in [-0.2, 0) is 14.8 Å². The van der Waals surface area contributed by atoms with E-state index in [0.717, 1.165) is 28.6 Å². The lowest BCUT2D eigenvalue weighted by Crippen LogP contribution is -2.49. The summed E-state index contributed by atoms with van der Waals surface area (Å²) in [4.78, 5) is 12.2. The Labute approximate surface area is 190 Å². The van der Waals surface area contributed by atoms with Gasteiger partial charge in [0.2, 0.25) is 10.0 Å². The van der Waals surface area contributed by atoms with Crippen molar-refractivity contribution in [2.45, 2.75) is 53.6 Å². The molecule has 1 saturated heterocycles. The van der Waals surface area contributed by atoms with Gasteiger partial charge < -0.3 is 4.74 Å². The molecular formula is C19H25N3O4S4. The monoisotopic (exact) mass is 487 g/mol. The number of hydrogen-bond acceptors (Lipinski definition) is 9. The molecule has 2 aromatic rings. The zero-order chi connectivity index (χ0) is 21.7. The van der Waals surface area contributed by atoms with Gasteiger partial charge in [-0.25, -0.2) is 8.42 Å². The topological polar surface area (TPSA) is 89.5 Å². The van der Waals surface area contributed by atoms with E-state index in [2.05, 4.69) is 10.2 Å². The van der Waals surface area contributed by atoms with Crippen LogP contribution in [0.25, 0.3) is 0 Å². The van der Waals surface area contributed by atoms with Crippen molar-refractivity contribution in [3.63, 3.8) is 0 Å². The van der Waals surface area contributed by atoms with E-state index in [9.17, 15) is 13.2 Å². The van der Waals surface area contributed by atoms with Gasteiger partial charge in [0.25, 0.3) is 0 Å². The van der Waals surface area contributed by atoms with Crippen LogP contribution >= 0.6 is 34.9 Å². The molecule has 0 saturated carbocycles. The van der Waals surface area contributed by atoms with Gasteiger partial charge in [-0.15, -0.1) is 10.2 Å². The SMILES string of the molecule is COc1ccc(S(=O)(=O)N2CCCCC2C(CSc2nnc(C)s2)SC(C)=O)cc1. The van der Waals surface area contributed by atoms with E-state index in [4.69, 9.17) is 4.74 Å². The molecule has 1 aromatic heterocycles. The van der Waals surface area contributed by atoms with Gasteiger partial charge in [0, 0.05) is 30.5 Å². The molecule has 164 valence electrons. The molecule has 2 unspecified atom stereocenters. The minimum atomic E-state index is -3.68. The normalized spacial score (nSPS) is 18.8. The van der Waals surface area contributed by atoms with E-state index in [0.29, 0.717) is 18.0 Å². The third-order valence-corrected chi connectivity index (χ3v) is 10.1. The molecule has 0 spiro atoms. The Balaban J connectivity index is 1.84. The highest BCUT2D eigenvalue weighted by molar-refractivity contribution is 8.15. The number of ether oxygens (including phenoxy) is 1. The molecule has 0 aliphatic carbocycles. The summed E-state index contributed by atoms with van der Waals surface area (Å²) in [5.41, 5.74) is 0. The number of aromatic nitrogens is 2. The van der Waals surface area contributed by atoms with E-state index in [-0.39, 0.29) is 21.3 Å². The molecule has 2 atom stereocenters. The smallest absolute Gasteiger partial charge is 0.243 e. The minimum absolute atomic E-state index is 0.0126.